The molecule has 2 N–H and O–H groups in total. The van der Waals surface area contributed by atoms with Crippen LogP contribution in [-0.2, 0) is 14.8 Å². The van der Waals surface area contributed by atoms with Gasteiger partial charge in [0.1, 0.15) is 0 Å². The van der Waals surface area contributed by atoms with Crippen molar-refractivity contribution in [1.82, 2.24) is 4.31 Å². The van der Waals surface area contributed by atoms with Gasteiger partial charge in [0, 0.05) is 19.0 Å². The average molecular weight is 425 g/mol. The van der Waals surface area contributed by atoms with Crippen LogP contribution in [0.3, 0.4) is 0 Å². The summed E-state index contributed by atoms with van der Waals surface area (Å²) in [5.41, 5.74) is 7.24. The highest BCUT2D eigenvalue weighted by Gasteiger charge is 2.39. The lowest BCUT2D eigenvalue weighted by Crippen LogP contribution is -2.30. The highest BCUT2D eigenvalue weighted by molar-refractivity contribution is 7.89. The van der Waals surface area contributed by atoms with Crippen LogP contribution in [0.2, 0.25) is 0 Å². The van der Waals surface area contributed by atoms with Crippen molar-refractivity contribution in [2.75, 3.05) is 26.2 Å². The van der Waals surface area contributed by atoms with Gasteiger partial charge in [0.25, 0.3) is 0 Å². The van der Waals surface area contributed by atoms with E-state index < -0.39 is 16.0 Å². The molecule has 8 heteroatoms. The molecule has 1 aliphatic heterocycles. The molecule has 0 spiro atoms. The number of hydrogen-bond donors (Lipinski definition) is 1. The van der Waals surface area contributed by atoms with E-state index in [1.54, 1.807) is 19.1 Å². The number of nitrogens with zero attached hydrogens (tertiary/aromatic N) is 1. The molecule has 0 aromatic heterocycles. The molecule has 0 bridgehead atoms. The van der Waals surface area contributed by atoms with E-state index in [-0.39, 0.29) is 41.3 Å². The normalized spacial score (nSPS) is 19.8. The van der Waals surface area contributed by atoms with Crippen molar-refractivity contribution in [3.63, 3.8) is 0 Å². The molecule has 1 saturated heterocycles. The van der Waals surface area contributed by atoms with Crippen molar-refractivity contribution in [2.24, 2.45) is 11.7 Å². The number of carbonyl (C=O) groups is 1. The first-order valence-corrected chi connectivity index (χ1v) is 10.4. The fraction of sp³-hybridized carbons (Fsp3) is 0.350. The Balaban J connectivity index is 0.00000280. The van der Waals surface area contributed by atoms with Gasteiger partial charge < -0.3 is 10.5 Å². The molecule has 2 aromatic rings. The molecule has 0 aliphatic carbocycles. The average Bonchev–Trinajstić information content (AvgIpc) is 3.14. The number of hydrogen-bond acceptors (Lipinski definition) is 5. The van der Waals surface area contributed by atoms with Crippen molar-refractivity contribution >= 4 is 28.4 Å². The van der Waals surface area contributed by atoms with Crippen LogP contribution in [0.1, 0.15) is 28.8 Å². The maximum atomic E-state index is 13.1. The zero-order chi connectivity index (χ0) is 19.4. The number of halogens is 1. The third-order valence-corrected chi connectivity index (χ3v) is 6.75. The number of sulfonamides is 1. The van der Waals surface area contributed by atoms with Crippen LogP contribution in [0.5, 0.6) is 0 Å². The van der Waals surface area contributed by atoms with E-state index in [9.17, 15) is 13.2 Å². The number of esters is 1. The molecule has 2 atom stereocenters. The SMILES string of the molecule is CCOC(=O)c1cccc(S(=O)(=O)N2C[C@@H](CN)[C@H](c3ccccc3)C2)c1.Cl. The molecule has 1 fully saturated rings. The van der Waals surface area contributed by atoms with E-state index in [4.69, 9.17) is 10.5 Å². The van der Waals surface area contributed by atoms with Gasteiger partial charge in [-0.2, -0.15) is 4.31 Å². The van der Waals surface area contributed by atoms with Crippen LogP contribution in [0.15, 0.2) is 59.5 Å². The quantitative estimate of drug-likeness (QED) is 0.720. The van der Waals surface area contributed by atoms with Gasteiger partial charge in [-0.15, -0.1) is 12.4 Å². The summed E-state index contributed by atoms with van der Waals surface area (Å²) in [6, 6.07) is 15.8. The summed E-state index contributed by atoms with van der Waals surface area (Å²) >= 11 is 0. The lowest BCUT2D eigenvalue weighted by molar-refractivity contribution is 0.0526. The van der Waals surface area contributed by atoms with Crippen LogP contribution in [0.4, 0.5) is 0 Å². The molecule has 0 saturated carbocycles. The fourth-order valence-electron chi connectivity index (χ4n) is 3.49. The Morgan fingerprint density at radius 3 is 2.50 bits per heavy atom. The zero-order valence-corrected chi connectivity index (χ0v) is 17.3. The van der Waals surface area contributed by atoms with E-state index in [1.165, 1.54) is 16.4 Å². The van der Waals surface area contributed by atoms with Crippen LogP contribution >= 0.6 is 12.4 Å². The first-order chi connectivity index (χ1) is 13.0. The van der Waals surface area contributed by atoms with E-state index in [1.807, 2.05) is 30.3 Å². The van der Waals surface area contributed by atoms with Crippen molar-refractivity contribution < 1.29 is 17.9 Å². The smallest absolute Gasteiger partial charge is 0.338 e. The summed E-state index contributed by atoms with van der Waals surface area (Å²) in [7, 11) is -3.72. The topological polar surface area (TPSA) is 89.7 Å². The molecule has 1 aliphatic rings. The molecular weight excluding hydrogens is 400 g/mol. The van der Waals surface area contributed by atoms with E-state index in [0.717, 1.165) is 5.56 Å². The van der Waals surface area contributed by atoms with Crippen LogP contribution in [0, 0.1) is 5.92 Å². The molecule has 28 heavy (non-hydrogen) atoms. The Hall–Kier alpha value is -1.93. The van der Waals surface area contributed by atoms with Crippen LogP contribution in [-0.4, -0.2) is 44.9 Å². The Morgan fingerprint density at radius 1 is 1.14 bits per heavy atom. The second-order valence-corrected chi connectivity index (χ2v) is 8.52. The van der Waals surface area contributed by atoms with Gasteiger partial charge in [-0.05, 0) is 43.1 Å². The monoisotopic (exact) mass is 424 g/mol. The second kappa shape index (κ2) is 9.52. The molecule has 0 amide bonds. The minimum absolute atomic E-state index is 0. The van der Waals surface area contributed by atoms with Gasteiger partial charge >= 0.3 is 5.97 Å². The summed E-state index contributed by atoms with van der Waals surface area (Å²) in [6.45, 7) is 3.09. The van der Waals surface area contributed by atoms with Crippen molar-refractivity contribution in [3.8, 4) is 0 Å². The summed E-state index contributed by atoms with van der Waals surface area (Å²) < 4.78 is 32.7. The van der Waals surface area contributed by atoms with E-state index in [2.05, 4.69) is 0 Å². The summed E-state index contributed by atoms with van der Waals surface area (Å²) in [6.07, 6.45) is 0. The molecular formula is C20H25ClN2O4S. The summed E-state index contributed by atoms with van der Waals surface area (Å²) in [5, 5.41) is 0. The molecule has 0 radical (unpaired) electrons. The highest BCUT2D eigenvalue weighted by atomic mass is 35.5. The Labute approximate surface area is 172 Å². The third kappa shape index (κ3) is 4.55. The van der Waals surface area contributed by atoms with Crippen molar-refractivity contribution in [2.45, 2.75) is 17.7 Å². The van der Waals surface area contributed by atoms with E-state index in [0.29, 0.717) is 19.6 Å². The fourth-order valence-corrected chi connectivity index (χ4v) is 5.06. The van der Waals surface area contributed by atoms with Crippen molar-refractivity contribution in [1.29, 1.82) is 0 Å². The van der Waals surface area contributed by atoms with Crippen molar-refractivity contribution in [3.05, 3.63) is 65.7 Å². The van der Waals surface area contributed by atoms with Crippen LogP contribution in [0.25, 0.3) is 0 Å². The highest BCUT2D eigenvalue weighted by Crippen LogP contribution is 2.35. The van der Waals surface area contributed by atoms with Gasteiger partial charge in [0.05, 0.1) is 17.1 Å². The largest absolute Gasteiger partial charge is 0.462 e. The predicted molar refractivity (Wildman–Crippen MR) is 110 cm³/mol. The molecule has 1 heterocycles. The predicted octanol–water partition coefficient (Wildman–Crippen LogP) is 2.65. The standard InChI is InChI=1S/C20H24N2O4S.ClH/c1-2-26-20(23)16-9-6-10-18(11-16)27(24,25)22-13-17(12-21)19(14-22)15-7-4-3-5-8-15;/h3-11,17,19H,2,12-14,21H2,1H3;1H/t17-,19+;/m1./s1. The van der Waals surface area contributed by atoms with Gasteiger partial charge in [0.15, 0.2) is 0 Å². The molecule has 6 nitrogen and oxygen atoms in total. The maximum absolute atomic E-state index is 13.1. The molecule has 3 rings (SSSR count). The Kier molecular flexibility index (Phi) is 7.60. The first kappa shape index (κ1) is 22.4. The van der Waals surface area contributed by atoms with Crippen LogP contribution < -0.4 is 5.73 Å². The maximum Gasteiger partial charge on any atom is 0.338 e. The first-order valence-electron chi connectivity index (χ1n) is 8.99. The lowest BCUT2D eigenvalue weighted by Gasteiger charge is -2.17. The number of carbonyl (C=O) groups excluding carboxylic acids is 1. The van der Waals surface area contributed by atoms with Gasteiger partial charge in [0.2, 0.25) is 10.0 Å². The lowest BCUT2D eigenvalue weighted by atomic mass is 9.89. The molecule has 152 valence electrons. The summed E-state index contributed by atoms with van der Waals surface area (Å²) in [5.74, 6) is -0.424. The van der Waals surface area contributed by atoms with E-state index >= 15 is 0 Å². The minimum atomic E-state index is -3.72. The Morgan fingerprint density at radius 2 is 1.86 bits per heavy atom. The van der Waals surface area contributed by atoms with Gasteiger partial charge in [-0.1, -0.05) is 36.4 Å². The number of rotatable bonds is 6. The number of benzene rings is 2. The van der Waals surface area contributed by atoms with Gasteiger partial charge in [-0.25, -0.2) is 13.2 Å². The minimum Gasteiger partial charge on any atom is -0.462 e. The Bertz CT molecular complexity index is 905. The second-order valence-electron chi connectivity index (χ2n) is 6.58. The summed E-state index contributed by atoms with van der Waals surface area (Å²) in [4.78, 5) is 12.0. The number of ether oxygens (including phenoxy) is 1. The molecule has 2 aromatic carbocycles. The third-order valence-electron chi connectivity index (χ3n) is 4.92. The van der Waals surface area contributed by atoms with Gasteiger partial charge in [-0.3, -0.25) is 0 Å². The zero-order valence-electron chi connectivity index (χ0n) is 15.7. The number of nitrogens with two attached hydrogens (primary N) is 1. The molecule has 0 unspecified atom stereocenters.